The maximum absolute atomic E-state index is 12.2. The number of sulfonamides is 1. The molecular formula is C18H15N3O4S2. The summed E-state index contributed by atoms with van der Waals surface area (Å²) >= 11 is 1.47. The Morgan fingerprint density at radius 2 is 1.89 bits per heavy atom. The summed E-state index contributed by atoms with van der Waals surface area (Å²) in [7, 11) is -2.11. The second-order valence-corrected chi connectivity index (χ2v) is 8.67. The van der Waals surface area contributed by atoms with Crippen molar-refractivity contribution in [3.05, 3.63) is 59.1 Å². The molecule has 0 aliphatic carbocycles. The van der Waals surface area contributed by atoms with E-state index in [0.717, 1.165) is 10.2 Å². The third-order valence-corrected chi connectivity index (χ3v) is 6.37. The van der Waals surface area contributed by atoms with Crippen LogP contribution in [0.3, 0.4) is 0 Å². The topological polar surface area (TPSA) is 88.9 Å². The molecule has 2 heterocycles. The molecule has 1 aliphatic heterocycles. The second kappa shape index (κ2) is 6.75. The molecule has 0 N–H and O–H groups in total. The summed E-state index contributed by atoms with van der Waals surface area (Å²) in [5, 5.41) is 0.707. The Morgan fingerprint density at radius 3 is 2.70 bits per heavy atom. The third kappa shape index (κ3) is 3.43. The van der Waals surface area contributed by atoms with Gasteiger partial charge in [0.05, 0.1) is 10.2 Å². The van der Waals surface area contributed by atoms with Gasteiger partial charge in [-0.25, -0.2) is 4.98 Å². The fraction of sp³-hybridized carbons (Fsp3) is 0.167. The van der Waals surface area contributed by atoms with Crippen LogP contribution in [0.5, 0.6) is 0 Å². The van der Waals surface area contributed by atoms with E-state index >= 15 is 0 Å². The SMILES string of the molecule is CN(CC(=O)OCc1nc2ccccc2s1)C1=NS(=O)(=O)c2ccccc21. The van der Waals surface area contributed by atoms with E-state index in [-0.39, 0.29) is 23.9 Å². The fourth-order valence-corrected chi connectivity index (χ4v) is 4.93. The highest BCUT2D eigenvalue weighted by Gasteiger charge is 2.31. The summed E-state index contributed by atoms with van der Waals surface area (Å²) < 4.78 is 34.3. The first kappa shape index (κ1) is 17.6. The Hall–Kier alpha value is -2.78. The van der Waals surface area contributed by atoms with Gasteiger partial charge in [-0.3, -0.25) is 4.79 Å². The van der Waals surface area contributed by atoms with Crippen LogP contribution in [0, 0.1) is 0 Å². The molecule has 0 saturated heterocycles. The molecule has 7 nitrogen and oxygen atoms in total. The smallest absolute Gasteiger partial charge is 0.325 e. The quantitative estimate of drug-likeness (QED) is 0.624. The zero-order valence-electron chi connectivity index (χ0n) is 14.3. The number of carbonyl (C=O) groups is 1. The Morgan fingerprint density at radius 1 is 1.15 bits per heavy atom. The number of esters is 1. The first-order valence-corrected chi connectivity index (χ1v) is 10.4. The number of aromatic nitrogens is 1. The molecule has 0 atom stereocenters. The highest BCUT2D eigenvalue weighted by molar-refractivity contribution is 7.90. The number of carbonyl (C=O) groups excluding carboxylic acids is 1. The number of hydrogen-bond acceptors (Lipinski definition) is 7. The zero-order valence-corrected chi connectivity index (χ0v) is 16.0. The first-order valence-electron chi connectivity index (χ1n) is 8.09. The molecule has 3 aromatic rings. The van der Waals surface area contributed by atoms with Crippen LogP contribution in [-0.4, -0.2) is 43.7 Å². The number of fused-ring (bicyclic) bond motifs is 2. The monoisotopic (exact) mass is 401 g/mol. The van der Waals surface area contributed by atoms with Crippen molar-refractivity contribution in [1.29, 1.82) is 0 Å². The van der Waals surface area contributed by atoms with Crippen LogP contribution in [-0.2, 0) is 26.2 Å². The van der Waals surface area contributed by atoms with Gasteiger partial charge < -0.3 is 9.64 Å². The van der Waals surface area contributed by atoms with Crippen molar-refractivity contribution >= 4 is 43.4 Å². The van der Waals surface area contributed by atoms with Gasteiger partial charge in [0, 0.05) is 12.6 Å². The standard InChI is InChI=1S/C18H15N3O4S2/c1-21(18-12-6-2-5-9-15(12)27(23,24)20-18)10-17(22)25-11-16-19-13-7-3-4-8-14(13)26-16/h2-9H,10-11H2,1H3. The molecule has 0 unspecified atom stereocenters. The molecule has 0 bridgehead atoms. The predicted molar refractivity (Wildman–Crippen MR) is 102 cm³/mol. The van der Waals surface area contributed by atoms with Gasteiger partial charge in [-0.2, -0.15) is 8.42 Å². The highest BCUT2D eigenvalue weighted by atomic mass is 32.2. The summed E-state index contributed by atoms with van der Waals surface area (Å²) in [5.74, 6) is -0.247. The Balaban J connectivity index is 1.42. The van der Waals surface area contributed by atoms with E-state index < -0.39 is 16.0 Å². The number of thiazole rings is 1. The van der Waals surface area contributed by atoms with Gasteiger partial charge in [0.25, 0.3) is 10.0 Å². The van der Waals surface area contributed by atoms with E-state index in [1.54, 1.807) is 25.2 Å². The van der Waals surface area contributed by atoms with Crippen molar-refractivity contribution in [3.8, 4) is 0 Å². The summed E-state index contributed by atoms with van der Waals surface area (Å²) in [6.07, 6.45) is 0. The summed E-state index contributed by atoms with van der Waals surface area (Å²) in [5.41, 5.74) is 1.35. The van der Waals surface area contributed by atoms with Crippen LogP contribution in [0.2, 0.25) is 0 Å². The fourth-order valence-electron chi connectivity index (χ4n) is 2.80. The molecule has 2 aromatic carbocycles. The largest absolute Gasteiger partial charge is 0.457 e. The Bertz CT molecular complexity index is 1140. The molecule has 0 radical (unpaired) electrons. The number of benzene rings is 2. The normalized spacial score (nSPS) is 14.6. The van der Waals surface area contributed by atoms with Crippen LogP contribution in [0.4, 0.5) is 0 Å². The van der Waals surface area contributed by atoms with Crippen molar-refractivity contribution in [2.45, 2.75) is 11.5 Å². The number of ether oxygens (including phenoxy) is 1. The number of rotatable bonds is 4. The average Bonchev–Trinajstić information content (AvgIpc) is 3.19. The predicted octanol–water partition coefficient (Wildman–Crippen LogP) is 2.42. The molecule has 1 aliphatic rings. The third-order valence-electron chi connectivity index (χ3n) is 4.04. The van der Waals surface area contributed by atoms with Crippen LogP contribution >= 0.6 is 11.3 Å². The van der Waals surface area contributed by atoms with Crippen molar-refractivity contribution in [2.75, 3.05) is 13.6 Å². The molecule has 0 spiro atoms. The molecule has 0 amide bonds. The minimum Gasteiger partial charge on any atom is -0.457 e. The van der Waals surface area contributed by atoms with Crippen molar-refractivity contribution in [1.82, 2.24) is 9.88 Å². The Kier molecular flexibility index (Phi) is 4.40. The summed E-state index contributed by atoms with van der Waals surface area (Å²) in [6, 6.07) is 14.2. The van der Waals surface area contributed by atoms with Crippen LogP contribution < -0.4 is 0 Å². The lowest BCUT2D eigenvalue weighted by Crippen LogP contribution is -2.32. The number of nitrogens with zero attached hydrogens (tertiary/aromatic N) is 3. The molecule has 0 fully saturated rings. The van der Waals surface area contributed by atoms with Crippen molar-refractivity contribution in [2.24, 2.45) is 4.40 Å². The number of para-hydroxylation sites is 1. The van der Waals surface area contributed by atoms with Crippen LogP contribution in [0.25, 0.3) is 10.2 Å². The van der Waals surface area contributed by atoms with Gasteiger partial charge in [0.2, 0.25) is 0 Å². The van der Waals surface area contributed by atoms with E-state index in [0.29, 0.717) is 10.6 Å². The lowest BCUT2D eigenvalue weighted by Gasteiger charge is -2.17. The minimum absolute atomic E-state index is 0.0768. The molecular weight excluding hydrogens is 386 g/mol. The Labute approximate surface area is 160 Å². The van der Waals surface area contributed by atoms with Crippen molar-refractivity contribution < 1.29 is 17.9 Å². The molecule has 138 valence electrons. The van der Waals surface area contributed by atoms with Gasteiger partial charge in [-0.05, 0) is 24.3 Å². The lowest BCUT2D eigenvalue weighted by atomic mass is 10.2. The highest BCUT2D eigenvalue weighted by Crippen LogP contribution is 2.27. The summed E-state index contributed by atoms with van der Waals surface area (Å²) in [6.45, 7) is -0.0407. The summed E-state index contributed by atoms with van der Waals surface area (Å²) in [4.78, 5) is 18.2. The van der Waals surface area contributed by atoms with E-state index in [2.05, 4.69) is 9.38 Å². The van der Waals surface area contributed by atoms with Gasteiger partial charge in [0.1, 0.15) is 23.1 Å². The lowest BCUT2D eigenvalue weighted by molar-refractivity contribution is -0.145. The van der Waals surface area contributed by atoms with E-state index in [9.17, 15) is 13.2 Å². The maximum Gasteiger partial charge on any atom is 0.325 e. The van der Waals surface area contributed by atoms with Gasteiger partial charge in [-0.1, -0.05) is 24.3 Å². The van der Waals surface area contributed by atoms with Crippen LogP contribution in [0.15, 0.2) is 57.8 Å². The van der Waals surface area contributed by atoms with E-state index in [1.807, 2.05) is 24.3 Å². The maximum atomic E-state index is 12.2. The number of amidine groups is 1. The first-order chi connectivity index (χ1) is 12.9. The minimum atomic E-state index is -3.72. The molecule has 1 aromatic heterocycles. The molecule has 0 saturated carbocycles. The molecule has 27 heavy (non-hydrogen) atoms. The molecule has 9 heteroatoms. The van der Waals surface area contributed by atoms with E-state index in [1.165, 1.54) is 22.3 Å². The van der Waals surface area contributed by atoms with Crippen LogP contribution in [0.1, 0.15) is 10.6 Å². The average molecular weight is 401 g/mol. The molecule has 4 rings (SSSR count). The number of likely N-dealkylation sites (N-methyl/N-ethyl adjacent to an activating group) is 1. The van der Waals surface area contributed by atoms with Gasteiger partial charge >= 0.3 is 5.97 Å². The van der Waals surface area contributed by atoms with Crippen molar-refractivity contribution in [3.63, 3.8) is 0 Å². The van der Waals surface area contributed by atoms with Gasteiger partial charge in [-0.15, -0.1) is 15.7 Å². The zero-order chi connectivity index (χ0) is 19.0. The van der Waals surface area contributed by atoms with Gasteiger partial charge in [0.15, 0.2) is 5.84 Å². The number of hydrogen-bond donors (Lipinski definition) is 0. The van der Waals surface area contributed by atoms with E-state index in [4.69, 9.17) is 4.74 Å². The second-order valence-electron chi connectivity index (χ2n) is 5.98.